The zero-order chi connectivity index (χ0) is 20.6. The molecule has 6 heteroatoms. The third kappa shape index (κ3) is 3.78. The van der Waals surface area contributed by atoms with Crippen molar-refractivity contribution in [3.63, 3.8) is 0 Å². The van der Waals surface area contributed by atoms with Crippen LogP contribution in [0.3, 0.4) is 0 Å². The molecule has 0 bridgehead atoms. The summed E-state index contributed by atoms with van der Waals surface area (Å²) in [5.74, 6) is -1.38. The number of amides is 1. The van der Waals surface area contributed by atoms with Crippen molar-refractivity contribution in [2.45, 2.75) is 56.3 Å². The van der Waals surface area contributed by atoms with E-state index in [2.05, 4.69) is 4.90 Å². The summed E-state index contributed by atoms with van der Waals surface area (Å²) in [7, 11) is 0. The highest BCUT2D eigenvalue weighted by molar-refractivity contribution is 5.95. The molecular weight excluding hydrogens is 377 g/mol. The summed E-state index contributed by atoms with van der Waals surface area (Å²) in [6.07, 6.45) is 0.533. The second kappa shape index (κ2) is 7.82. The van der Waals surface area contributed by atoms with Crippen LogP contribution in [0.25, 0.3) is 0 Å². The maximum absolute atomic E-state index is 14.0. The number of carbonyl (C=O) groups is 1. The van der Waals surface area contributed by atoms with Gasteiger partial charge in [-0.1, -0.05) is 42.8 Å². The lowest BCUT2D eigenvalue weighted by molar-refractivity contribution is -0.138. The van der Waals surface area contributed by atoms with Gasteiger partial charge in [0.2, 0.25) is 5.91 Å². The molecule has 2 aliphatic rings. The fourth-order valence-electron chi connectivity index (χ4n) is 5.26. The quantitative estimate of drug-likeness (QED) is 0.786. The zero-order valence-electron chi connectivity index (χ0n) is 16.2. The molecule has 2 N–H and O–H groups in total. The van der Waals surface area contributed by atoms with E-state index in [1.165, 1.54) is 12.1 Å². The number of primary amides is 1. The molecule has 3 nitrogen and oxygen atoms in total. The summed E-state index contributed by atoms with van der Waals surface area (Å²) in [5, 5.41) is 0. The Kier molecular flexibility index (Phi) is 5.38. The number of nitrogens with two attached hydrogens (primary N) is 1. The van der Waals surface area contributed by atoms with Crippen molar-refractivity contribution < 1.29 is 18.0 Å². The summed E-state index contributed by atoms with van der Waals surface area (Å²) in [4.78, 5) is 14.5. The Balaban J connectivity index is 1.92. The third-order valence-corrected chi connectivity index (χ3v) is 6.43. The molecule has 2 aromatic rings. The standard InChI is InChI=1S/C23H25F3N2O/c24-23(25,26)18-11-6-10-17(22(27)29)21(18)20(15-7-2-1-3-8-15)19-13-12-16-9-4-5-14-28(16)19/h1-3,6-8,10-11,16,19-20H,4-5,9,12-14H2,(H2,27,29)/t16-,19+,20-/m1/s1. The van der Waals surface area contributed by atoms with Gasteiger partial charge in [0.25, 0.3) is 0 Å². The van der Waals surface area contributed by atoms with Crippen LogP contribution in [0.5, 0.6) is 0 Å². The van der Waals surface area contributed by atoms with E-state index < -0.39 is 23.6 Å². The van der Waals surface area contributed by atoms with Gasteiger partial charge in [0.1, 0.15) is 0 Å². The van der Waals surface area contributed by atoms with Crippen LogP contribution in [0.2, 0.25) is 0 Å². The maximum Gasteiger partial charge on any atom is 0.416 e. The SMILES string of the molecule is NC(=O)c1cccc(C(F)(F)F)c1[C@H](c1ccccc1)[C@@H]1CC[C@H]2CCCCN21. The van der Waals surface area contributed by atoms with Crippen LogP contribution < -0.4 is 5.73 Å². The third-order valence-electron chi connectivity index (χ3n) is 6.43. The molecule has 2 aromatic carbocycles. The second-order valence-electron chi connectivity index (χ2n) is 8.05. The Hall–Kier alpha value is -2.34. The number of carbonyl (C=O) groups excluding carboxylic acids is 1. The Morgan fingerprint density at radius 3 is 2.45 bits per heavy atom. The van der Waals surface area contributed by atoms with Crippen LogP contribution in [0, 0.1) is 0 Å². The van der Waals surface area contributed by atoms with Crippen LogP contribution in [-0.4, -0.2) is 29.4 Å². The van der Waals surface area contributed by atoms with Gasteiger partial charge < -0.3 is 5.73 Å². The van der Waals surface area contributed by atoms with Crippen molar-refractivity contribution in [1.29, 1.82) is 0 Å². The molecule has 0 unspecified atom stereocenters. The summed E-state index contributed by atoms with van der Waals surface area (Å²) in [6, 6.07) is 13.3. The van der Waals surface area contributed by atoms with Gasteiger partial charge in [-0.05, 0) is 55.5 Å². The van der Waals surface area contributed by atoms with E-state index in [-0.39, 0.29) is 17.2 Å². The van der Waals surface area contributed by atoms with Gasteiger partial charge >= 0.3 is 6.18 Å². The van der Waals surface area contributed by atoms with Crippen LogP contribution in [0.4, 0.5) is 13.2 Å². The number of hydrogen-bond acceptors (Lipinski definition) is 2. The lowest BCUT2D eigenvalue weighted by atomic mass is 9.79. The Bertz CT molecular complexity index is 881. The molecule has 2 saturated heterocycles. The van der Waals surface area contributed by atoms with Crippen LogP contribution >= 0.6 is 0 Å². The number of hydrogen-bond donors (Lipinski definition) is 1. The summed E-state index contributed by atoms with van der Waals surface area (Å²) >= 11 is 0. The largest absolute Gasteiger partial charge is 0.416 e. The summed E-state index contributed by atoms with van der Waals surface area (Å²) in [5.41, 5.74) is 5.58. The van der Waals surface area contributed by atoms with E-state index in [0.717, 1.165) is 50.3 Å². The lowest BCUT2D eigenvalue weighted by Gasteiger charge is -2.39. The predicted octanol–water partition coefficient (Wildman–Crippen LogP) is 4.95. The first-order valence-electron chi connectivity index (χ1n) is 10.2. The first kappa shape index (κ1) is 20.0. The monoisotopic (exact) mass is 402 g/mol. The number of rotatable bonds is 4. The van der Waals surface area contributed by atoms with E-state index in [9.17, 15) is 18.0 Å². The molecule has 2 aliphatic heterocycles. The number of nitrogens with zero attached hydrogens (tertiary/aromatic N) is 1. The Labute approximate surface area is 168 Å². The molecule has 0 saturated carbocycles. The molecular formula is C23H25F3N2O. The van der Waals surface area contributed by atoms with E-state index in [4.69, 9.17) is 5.73 Å². The number of piperidine rings is 1. The molecule has 0 aliphatic carbocycles. The predicted molar refractivity (Wildman–Crippen MR) is 106 cm³/mol. The number of alkyl halides is 3. The minimum absolute atomic E-state index is 0.0231. The van der Waals surface area contributed by atoms with Crippen molar-refractivity contribution in [3.8, 4) is 0 Å². The Morgan fingerprint density at radius 2 is 1.76 bits per heavy atom. The molecule has 0 spiro atoms. The lowest BCUT2D eigenvalue weighted by Crippen LogP contribution is -2.43. The molecule has 0 radical (unpaired) electrons. The smallest absolute Gasteiger partial charge is 0.366 e. The first-order chi connectivity index (χ1) is 13.9. The van der Waals surface area contributed by atoms with Gasteiger partial charge in [0, 0.05) is 23.6 Å². The zero-order valence-corrected chi connectivity index (χ0v) is 16.2. The van der Waals surface area contributed by atoms with Gasteiger partial charge in [0.05, 0.1) is 5.56 Å². The van der Waals surface area contributed by atoms with Crippen molar-refractivity contribution in [1.82, 2.24) is 4.90 Å². The van der Waals surface area contributed by atoms with Crippen molar-refractivity contribution in [2.75, 3.05) is 6.54 Å². The molecule has 1 amide bonds. The molecule has 2 heterocycles. The topological polar surface area (TPSA) is 46.3 Å². The first-order valence-corrected chi connectivity index (χ1v) is 10.2. The number of halogens is 3. The molecule has 154 valence electrons. The highest BCUT2D eigenvalue weighted by atomic mass is 19.4. The van der Waals surface area contributed by atoms with Crippen molar-refractivity contribution >= 4 is 5.91 Å². The van der Waals surface area contributed by atoms with Gasteiger partial charge in [-0.25, -0.2) is 0 Å². The molecule has 29 heavy (non-hydrogen) atoms. The second-order valence-corrected chi connectivity index (χ2v) is 8.05. The molecule has 3 atom stereocenters. The maximum atomic E-state index is 14.0. The van der Waals surface area contributed by atoms with Crippen molar-refractivity contribution in [2.24, 2.45) is 5.73 Å². The molecule has 0 aromatic heterocycles. The minimum Gasteiger partial charge on any atom is -0.366 e. The fraction of sp³-hybridized carbons (Fsp3) is 0.435. The molecule has 4 rings (SSSR count). The van der Waals surface area contributed by atoms with Gasteiger partial charge in [-0.2, -0.15) is 13.2 Å². The minimum atomic E-state index is -4.56. The number of benzene rings is 2. The number of fused-ring (bicyclic) bond motifs is 1. The van der Waals surface area contributed by atoms with Gasteiger partial charge in [0.15, 0.2) is 0 Å². The van der Waals surface area contributed by atoms with Crippen molar-refractivity contribution in [3.05, 3.63) is 70.8 Å². The average molecular weight is 402 g/mol. The van der Waals surface area contributed by atoms with E-state index in [0.29, 0.717) is 6.04 Å². The van der Waals surface area contributed by atoms with Gasteiger partial charge in [-0.3, -0.25) is 9.69 Å². The Morgan fingerprint density at radius 1 is 1.00 bits per heavy atom. The highest BCUT2D eigenvalue weighted by Crippen LogP contribution is 2.46. The van der Waals surface area contributed by atoms with Crippen LogP contribution in [-0.2, 0) is 6.18 Å². The summed E-state index contributed by atoms with van der Waals surface area (Å²) in [6.45, 7) is 0.888. The van der Waals surface area contributed by atoms with E-state index >= 15 is 0 Å². The van der Waals surface area contributed by atoms with E-state index in [1.54, 1.807) is 0 Å². The van der Waals surface area contributed by atoms with E-state index in [1.807, 2.05) is 30.3 Å². The van der Waals surface area contributed by atoms with Gasteiger partial charge in [-0.15, -0.1) is 0 Å². The van der Waals surface area contributed by atoms with Crippen LogP contribution in [0.15, 0.2) is 48.5 Å². The molecule has 2 fully saturated rings. The van der Waals surface area contributed by atoms with Crippen LogP contribution in [0.1, 0.15) is 65.1 Å². The normalized spacial score (nSPS) is 23.6. The fourth-order valence-corrected chi connectivity index (χ4v) is 5.26. The average Bonchev–Trinajstić information content (AvgIpc) is 3.12. The highest BCUT2D eigenvalue weighted by Gasteiger charge is 2.44. The summed E-state index contributed by atoms with van der Waals surface area (Å²) < 4.78 is 42.1.